The number of carbonyl (C=O) groups excluding carboxylic acids is 2. The number of fused-ring (bicyclic) bond motifs is 5. The number of Topliss-reactive ketones (excluding diaryl/α,β-unsaturated/α-hetero) is 1. The van der Waals surface area contributed by atoms with Gasteiger partial charge in [-0.2, -0.15) is 0 Å². The second kappa shape index (κ2) is 6.19. The third-order valence-corrected chi connectivity index (χ3v) is 8.69. The number of aliphatic hydroxyl groups excluding tert-OH is 1. The monoisotopic (exact) mass is 359 g/mol. The summed E-state index contributed by atoms with van der Waals surface area (Å²) in [6.45, 7) is 6.95. The predicted octanol–water partition coefficient (Wildman–Crippen LogP) is 3.54. The summed E-state index contributed by atoms with van der Waals surface area (Å²) < 4.78 is 0. The van der Waals surface area contributed by atoms with Crippen LogP contribution in [0.15, 0.2) is 11.8 Å². The van der Waals surface area contributed by atoms with Gasteiger partial charge in [0.05, 0.1) is 6.61 Å². The summed E-state index contributed by atoms with van der Waals surface area (Å²) in [7, 11) is 0. The molecule has 1 N–H and O–H groups in total. The molecular weight excluding hydrogens is 326 g/mol. The van der Waals surface area contributed by atoms with Crippen LogP contribution < -0.4 is 0 Å². The van der Waals surface area contributed by atoms with E-state index in [-0.39, 0.29) is 29.3 Å². The molecule has 3 aliphatic carbocycles. The van der Waals surface area contributed by atoms with E-state index in [0.717, 1.165) is 32.1 Å². The predicted molar refractivity (Wildman–Crippen MR) is 100 cm³/mol. The van der Waals surface area contributed by atoms with Crippen LogP contribution in [-0.2, 0) is 9.59 Å². The van der Waals surface area contributed by atoms with Crippen molar-refractivity contribution in [1.82, 2.24) is 4.90 Å². The van der Waals surface area contributed by atoms with E-state index in [1.54, 1.807) is 6.92 Å². The summed E-state index contributed by atoms with van der Waals surface area (Å²) in [5.74, 6) is 2.65. The number of hydrogen-bond acceptors (Lipinski definition) is 3. The Kier molecular flexibility index (Phi) is 4.33. The van der Waals surface area contributed by atoms with Crippen molar-refractivity contribution in [3.63, 3.8) is 0 Å². The van der Waals surface area contributed by atoms with E-state index in [1.165, 1.54) is 12.1 Å². The standard InChI is InChI=1S/C22H33NO3/c1-14(25)16-5-6-17-15-4-7-19-22(3,18(15)8-10-21(16,17)2)11-9-20(26)23(19)12-13-24/h7,15-18,24H,4-6,8-13H2,1-3H3/t15-,16-,17+,18-,21-,22-/m1/s1. The van der Waals surface area contributed by atoms with E-state index in [4.69, 9.17) is 0 Å². The number of piperidine rings is 1. The maximum absolute atomic E-state index is 12.4. The van der Waals surface area contributed by atoms with Crippen LogP contribution in [0.4, 0.5) is 0 Å². The molecule has 2 saturated carbocycles. The van der Waals surface area contributed by atoms with Crippen molar-refractivity contribution in [2.24, 2.45) is 34.5 Å². The first-order valence-electron chi connectivity index (χ1n) is 10.4. The first kappa shape index (κ1) is 18.2. The van der Waals surface area contributed by atoms with E-state index >= 15 is 0 Å². The van der Waals surface area contributed by atoms with Gasteiger partial charge >= 0.3 is 0 Å². The van der Waals surface area contributed by atoms with Gasteiger partial charge in [0.15, 0.2) is 0 Å². The Morgan fingerprint density at radius 1 is 1.23 bits per heavy atom. The van der Waals surface area contributed by atoms with Crippen LogP contribution in [0.1, 0.15) is 65.7 Å². The molecule has 4 rings (SSSR count). The topological polar surface area (TPSA) is 57.6 Å². The zero-order chi connectivity index (χ0) is 18.7. The number of aliphatic hydroxyl groups is 1. The zero-order valence-electron chi connectivity index (χ0n) is 16.5. The van der Waals surface area contributed by atoms with Gasteiger partial charge in [-0.1, -0.05) is 19.9 Å². The summed E-state index contributed by atoms with van der Waals surface area (Å²) in [6.07, 6.45) is 9.39. The highest BCUT2D eigenvalue weighted by Crippen LogP contribution is 2.66. The van der Waals surface area contributed by atoms with Gasteiger partial charge in [0.2, 0.25) is 5.91 Å². The number of rotatable bonds is 3. The van der Waals surface area contributed by atoms with Crippen molar-refractivity contribution >= 4 is 11.7 Å². The highest BCUT2D eigenvalue weighted by atomic mass is 16.3. The molecule has 0 unspecified atom stereocenters. The maximum Gasteiger partial charge on any atom is 0.226 e. The Balaban J connectivity index is 1.68. The highest BCUT2D eigenvalue weighted by Gasteiger charge is 2.60. The lowest BCUT2D eigenvalue weighted by molar-refractivity contribution is -0.139. The number of likely N-dealkylation sites (tertiary alicyclic amines) is 1. The van der Waals surface area contributed by atoms with Gasteiger partial charge in [0.25, 0.3) is 0 Å². The van der Waals surface area contributed by atoms with Crippen molar-refractivity contribution in [2.75, 3.05) is 13.2 Å². The normalized spacial score (nSPS) is 44.8. The minimum absolute atomic E-state index is 0.0221. The SMILES string of the molecule is CC(=O)[C@H]1CC[C@H]2[C@H]3CC=C4N(CCO)C(=O)CC[C@]4(C)[C@@H]3CC[C@]12C. The summed E-state index contributed by atoms with van der Waals surface area (Å²) in [6, 6.07) is 0. The summed E-state index contributed by atoms with van der Waals surface area (Å²) in [5, 5.41) is 9.43. The third kappa shape index (κ3) is 2.37. The molecule has 26 heavy (non-hydrogen) atoms. The van der Waals surface area contributed by atoms with E-state index in [0.29, 0.717) is 36.5 Å². The number of hydrogen-bond donors (Lipinski definition) is 1. The number of nitrogens with zero attached hydrogens (tertiary/aromatic N) is 1. The Morgan fingerprint density at radius 3 is 2.69 bits per heavy atom. The third-order valence-electron chi connectivity index (χ3n) is 8.69. The van der Waals surface area contributed by atoms with Gasteiger partial charge in [0.1, 0.15) is 5.78 Å². The Bertz CT molecular complexity index is 656. The molecule has 0 bridgehead atoms. The first-order chi connectivity index (χ1) is 12.3. The minimum atomic E-state index is 0.0221. The molecular formula is C22H33NO3. The van der Waals surface area contributed by atoms with E-state index in [1.807, 2.05) is 4.90 Å². The van der Waals surface area contributed by atoms with Gasteiger partial charge in [-0.05, 0) is 68.6 Å². The van der Waals surface area contributed by atoms with Crippen molar-refractivity contribution in [2.45, 2.75) is 65.7 Å². The molecule has 4 heteroatoms. The molecule has 3 fully saturated rings. The fraction of sp³-hybridized carbons (Fsp3) is 0.818. The second-order valence-electron chi connectivity index (χ2n) is 9.67. The van der Waals surface area contributed by atoms with Crippen molar-refractivity contribution in [3.05, 3.63) is 11.8 Å². The Labute approximate surface area is 157 Å². The van der Waals surface area contributed by atoms with Crippen LogP contribution in [0.3, 0.4) is 0 Å². The first-order valence-corrected chi connectivity index (χ1v) is 10.4. The molecule has 1 saturated heterocycles. The van der Waals surface area contributed by atoms with Crippen molar-refractivity contribution in [1.29, 1.82) is 0 Å². The lowest BCUT2D eigenvalue weighted by Gasteiger charge is -2.58. The Hall–Kier alpha value is -1.16. The van der Waals surface area contributed by atoms with E-state index in [2.05, 4.69) is 19.9 Å². The fourth-order valence-corrected chi connectivity index (χ4v) is 7.46. The van der Waals surface area contributed by atoms with Crippen LogP contribution in [-0.4, -0.2) is 34.8 Å². The van der Waals surface area contributed by atoms with E-state index in [9.17, 15) is 14.7 Å². The molecule has 0 aromatic carbocycles. The molecule has 1 amide bonds. The van der Waals surface area contributed by atoms with Gasteiger partial charge in [-0.3, -0.25) is 9.59 Å². The zero-order valence-corrected chi connectivity index (χ0v) is 16.5. The van der Waals surface area contributed by atoms with E-state index < -0.39 is 0 Å². The molecule has 0 radical (unpaired) electrons. The van der Waals surface area contributed by atoms with Crippen molar-refractivity contribution in [3.8, 4) is 0 Å². The smallest absolute Gasteiger partial charge is 0.226 e. The van der Waals surface area contributed by atoms with Crippen LogP contribution >= 0.6 is 0 Å². The highest BCUT2D eigenvalue weighted by molar-refractivity contribution is 5.80. The van der Waals surface area contributed by atoms with Gasteiger partial charge in [-0.15, -0.1) is 0 Å². The quantitative estimate of drug-likeness (QED) is 0.838. The summed E-state index contributed by atoms with van der Waals surface area (Å²) in [4.78, 5) is 26.5. The van der Waals surface area contributed by atoms with Crippen molar-refractivity contribution < 1.29 is 14.7 Å². The fourth-order valence-electron chi connectivity index (χ4n) is 7.46. The second-order valence-corrected chi connectivity index (χ2v) is 9.67. The molecule has 4 aliphatic rings. The number of amides is 1. The van der Waals surface area contributed by atoms with Crippen LogP contribution in [0, 0.1) is 34.5 Å². The average Bonchev–Trinajstić information content (AvgIpc) is 2.95. The molecule has 144 valence electrons. The number of ketones is 1. The molecule has 1 heterocycles. The number of carbonyl (C=O) groups is 2. The molecule has 1 aliphatic heterocycles. The molecule has 4 nitrogen and oxygen atoms in total. The number of allylic oxidation sites excluding steroid dienone is 2. The van der Waals surface area contributed by atoms with Gasteiger partial charge in [-0.25, -0.2) is 0 Å². The number of β-amino-alcohol motifs (C(OH)–C–C–N with tert-alkyl or cyclic N) is 1. The maximum atomic E-state index is 12.4. The Morgan fingerprint density at radius 2 is 2.00 bits per heavy atom. The van der Waals surface area contributed by atoms with Crippen LogP contribution in [0.25, 0.3) is 0 Å². The molecule has 0 aromatic rings. The minimum Gasteiger partial charge on any atom is -0.395 e. The summed E-state index contributed by atoms with van der Waals surface area (Å²) in [5.41, 5.74) is 1.39. The summed E-state index contributed by atoms with van der Waals surface area (Å²) >= 11 is 0. The molecule has 6 atom stereocenters. The van der Waals surface area contributed by atoms with Crippen LogP contribution in [0.2, 0.25) is 0 Å². The average molecular weight is 360 g/mol. The van der Waals surface area contributed by atoms with Gasteiger partial charge < -0.3 is 10.0 Å². The van der Waals surface area contributed by atoms with Crippen LogP contribution in [0.5, 0.6) is 0 Å². The molecule has 0 spiro atoms. The largest absolute Gasteiger partial charge is 0.395 e. The molecule has 0 aromatic heterocycles. The lowest BCUT2D eigenvalue weighted by Crippen LogP contribution is -2.54. The van der Waals surface area contributed by atoms with Gasteiger partial charge in [0, 0.05) is 30.0 Å². The lowest BCUT2D eigenvalue weighted by atomic mass is 9.49.